The minimum absolute atomic E-state index is 0.0948. The zero-order valence-corrected chi connectivity index (χ0v) is 15.8. The summed E-state index contributed by atoms with van der Waals surface area (Å²) in [5, 5.41) is 0.486. The molecule has 2 aromatic carbocycles. The molecule has 0 aromatic heterocycles. The Hall–Kier alpha value is -2.12. The second kappa shape index (κ2) is 6.55. The van der Waals surface area contributed by atoms with Crippen molar-refractivity contribution in [3.8, 4) is 0 Å². The summed E-state index contributed by atoms with van der Waals surface area (Å²) in [5.41, 5.74) is 2.46. The van der Waals surface area contributed by atoms with E-state index < -0.39 is 9.84 Å². The van der Waals surface area contributed by atoms with Gasteiger partial charge >= 0.3 is 0 Å². The van der Waals surface area contributed by atoms with E-state index in [1.165, 1.54) is 11.8 Å². The number of carbonyl (C=O) groups is 1. The van der Waals surface area contributed by atoms with Crippen LogP contribution >= 0.6 is 11.8 Å². The molecule has 2 fully saturated rings. The number of anilines is 1. The van der Waals surface area contributed by atoms with Crippen LogP contribution in [0.1, 0.15) is 15.9 Å². The quantitative estimate of drug-likeness (QED) is 0.794. The molecule has 2 aromatic rings. The lowest BCUT2D eigenvalue weighted by Crippen LogP contribution is -2.38. The Bertz CT molecular complexity index is 987. The Morgan fingerprint density at radius 3 is 2.50 bits per heavy atom. The molecule has 5 nitrogen and oxygen atoms in total. The lowest BCUT2D eigenvalue weighted by molar-refractivity contribution is 0.100. The van der Waals surface area contributed by atoms with Crippen molar-refractivity contribution in [2.75, 3.05) is 16.4 Å². The molecule has 2 saturated heterocycles. The van der Waals surface area contributed by atoms with Gasteiger partial charge in [0.1, 0.15) is 0 Å². The van der Waals surface area contributed by atoms with E-state index in [4.69, 9.17) is 0 Å². The van der Waals surface area contributed by atoms with Crippen LogP contribution in [-0.4, -0.2) is 42.3 Å². The Labute approximate surface area is 157 Å². The van der Waals surface area contributed by atoms with Crippen molar-refractivity contribution in [2.45, 2.75) is 18.2 Å². The van der Waals surface area contributed by atoms with Gasteiger partial charge in [-0.05, 0) is 30.7 Å². The first kappa shape index (κ1) is 17.3. The van der Waals surface area contributed by atoms with Gasteiger partial charge in [0, 0.05) is 16.5 Å². The zero-order chi connectivity index (χ0) is 18.3. The molecular formula is C19H18N2O3S2. The van der Waals surface area contributed by atoms with Crippen molar-refractivity contribution < 1.29 is 13.2 Å². The molecule has 1 amide bonds. The number of amides is 1. The summed E-state index contributed by atoms with van der Waals surface area (Å²) in [4.78, 5) is 18.9. The van der Waals surface area contributed by atoms with Gasteiger partial charge in [-0.15, -0.1) is 0 Å². The molecular weight excluding hydrogens is 368 g/mol. The van der Waals surface area contributed by atoms with Gasteiger partial charge in [0.2, 0.25) is 0 Å². The Morgan fingerprint density at radius 2 is 1.77 bits per heavy atom. The van der Waals surface area contributed by atoms with E-state index in [1.54, 1.807) is 24.3 Å². The highest BCUT2D eigenvalue weighted by Gasteiger charge is 2.49. The van der Waals surface area contributed by atoms with Crippen LogP contribution in [0.4, 0.5) is 5.69 Å². The van der Waals surface area contributed by atoms with E-state index in [2.05, 4.69) is 4.99 Å². The molecule has 0 bridgehead atoms. The molecule has 26 heavy (non-hydrogen) atoms. The Kier molecular flexibility index (Phi) is 4.36. The third-order valence-corrected chi connectivity index (χ3v) is 7.87. The number of benzene rings is 2. The van der Waals surface area contributed by atoms with Crippen molar-refractivity contribution >= 4 is 38.4 Å². The number of para-hydroxylation sites is 1. The molecule has 7 heteroatoms. The number of amidine groups is 1. The fourth-order valence-electron chi connectivity index (χ4n) is 3.41. The van der Waals surface area contributed by atoms with Crippen LogP contribution in [0.3, 0.4) is 0 Å². The Balaban J connectivity index is 1.75. The first-order valence-electron chi connectivity index (χ1n) is 8.35. The average molecular weight is 386 g/mol. The third kappa shape index (κ3) is 3.17. The van der Waals surface area contributed by atoms with Crippen molar-refractivity contribution in [3.05, 3.63) is 65.7 Å². The minimum Gasteiger partial charge on any atom is -0.315 e. The molecule has 0 N–H and O–H groups in total. The topological polar surface area (TPSA) is 66.8 Å². The summed E-state index contributed by atoms with van der Waals surface area (Å²) in [6.45, 7) is 1.98. The van der Waals surface area contributed by atoms with Gasteiger partial charge < -0.3 is 4.90 Å². The number of aryl methyl sites for hydroxylation is 1. The highest BCUT2D eigenvalue weighted by molar-refractivity contribution is 8.16. The smallest absolute Gasteiger partial charge is 0.279 e. The minimum atomic E-state index is -3.07. The van der Waals surface area contributed by atoms with Crippen LogP contribution in [-0.2, 0) is 9.84 Å². The number of aliphatic imine (C=N–C) groups is 1. The molecule has 0 aliphatic carbocycles. The predicted molar refractivity (Wildman–Crippen MR) is 106 cm³/mol. The average Bonchev–Trinajstić information content (AvgIpc) is 3.07. The molecule has 0 radical (unpaired) electrons. The van der Waals surface area contributed by atoms with Crippen LogP contribution in [0.15, 0.2) is 59.6 Å². The van der Waals surface area contributed by atoms with Crippen LogP contribution in [0.25, 0.3) is 0 Å². The third-order valence-electron chi connectivity index (χ3n) is 4.66. The standard InChI is InChI=1S/C19H18N2O3S2/c1-13-7-5-6-10-15(13)21-16-11-26(23,24)12-17(16)25-19(21)20-18(22)14-8-3-2-4-9-14/h2-10,16-17H,11-12H2,1H3. The van der Waals surface area contributed by atoms with E-state index in [0.29, 0.717) is 10.7 Å². The van der Waals surface area contributed by atoms with Crippen molar-refractivity contribution in [1.29, 1.82) is 0 Å². The molecule has 2 aliphatic heterocycles. The maximum Gasteiger partial charge on any atom is 0.279 e. The SMILES string of the molecule is Cc1ccccc1N1C(=NC(=O)c2ccccc2)SC2CS(=O)(=O)CC21. The lowest BCUT2D eigenvalue weighted by atomic mass is 10.1. The fraction of sp³-hybridized carbons (Fsp3) is 0.263. The molecule has 0 spiro atoms. The number of hydrogen-bond acceptors (Lipinski definition) is 4. The number of rotatable bonds is 2. The Morgan fingerprint density at radius 1 is 1.08 bits per heavy atom. The molecule has 2 atom stereocenters. The second-order valence-electron chi connectivity index (χ2n) is 6.52. The molecule has 4 rings (SSSR count). The highest BCUT2D eigenvalue weighted by Crippen LogP contribution is 2.41. The van der Waals surface area contributed by atoms with E-state index in [1.807, 2.05) is 42.2 Å². The van der Waals surface area contributed by atoms with E-state index in [9.17, 15) is 13.2 Å². The fourth-order valence-corrected chi connectivity index (χ4v) is 7.32. The first-order chi connectivity index (χ1) is 12.4. The summed E-state index contributed by atoms with van der Waals surface area (Å²) < 4.78 is 24.2. The molecule has 0 saturated carbocycles. The van der Waals surface area contributed by atoms with Gasteiger partial charge in [-0.1, -0.05) is 48.2 Å². The number of nitrogens with zero attached hydrogens (tertiary/aromatic N) is 2. The van der Waals surface area contributed by atoms with Crippen LogP contribution in [0.2, 0.25) is 0 Å². The normalized spacial score (nSPS) is 25.4. The lowest BCUT2D eigenvalue weighted by Gasteiger charge is -2.26. The monoisotopic (exact) mass is 386 g/mol. The summed E-state index contributed by atoms with van der Waals surface area (Å²) in [5.74, 6) is -0.0876. The highest BCUT2D eigenvalue weighted by atomic mass is 32.2. The molecule has 2 unspecified atom stereocenters. The van der Waals surface area contributed by atoms with Crippen molar-refractivity contribution in [2.24, 2.45) is 4.99 Å². The van der Waals surface area contributed by atoms with Crippen LogP contribution in [0.5, 0.6) is 0 Å². The summed E-state index contributed by atoms with van der Waals surface area (Å²) >= 11 is 1.39. The van der Waals surface area contributed by atoms with Crippen LogP contribution < -0.4 is 4.90 Å². The van der Waals surface area contributed by atoms with E-state index >= 15 is 0 Å². The van der Waals surface area contributed by atoms with Crippen molar-refractivity contribution in [1.82, 2.24) is 0 Å². The maximum absolute atomic E-state index is 12.6. The maximum atomic E-state index is 12.6. The van der Waals surface area contributed by atoms with Gasteiger partial charge in [-0.25, -0.2) is 8.42 Å². The zero-order valence-electron chi connectivity index (χ0n) is 14.2. The molecule has 2 heterocycles. The van der Waals surface area contributed by atoms with Gasteiger partial charge in [-0.2, -0.15) is 4.99 Å². The molecule has 134 valence electrons. The predicted octanol–water partition coefficient (Wildman–Crippen LogP) is 2.91. The number of carbonyl (C=O) groups excluding carboxylic acids is 1. The van der Waals surface area contributed by atoms with Gasteiger partial charge in [0.15, 0.2) is 15.0 Å². The van der Waals surface area contributed by atoms with E-state index in [-0.39, 0.29) is 28.7 Å². The summed E-state index contributed by atoms with van der Waals surface area (Å²) in [6.07, 6.45) is 0. The number of thioether (sulfide) groups is 1. The van der Waals surface area contributed by atoms with Crippen LogP contribution in [0, 0.1) is 6.92 Å². The number of sulfone groups is 1. The van der Waals surface area contributed by atoms with Gasteiger partial charge in [0.05, 0.1) is 17.5 Å². The first-order valence-corrected chi connectivity index (χ1v) is 11.0. The second-order valence-corrected chi connectivity index (χ2v) is 9.88. The van der Waals surface area contributed by atoms with E-state index in [0.717, 1.165) is 11.3 Å². The number of fused-ring (bicyclic) bond motifs is 1. The van der Waals surface area contributed by atoms with Crippen molar-refractivity contribution in [3.63, 3.8) is 0 Å². The van der Waals surface area contributed by atoms with Gasteiger partial charge in [-0.3, -0.25) is 4.79 Å². The van der Waals surface area contributed by atoms with Gasteiger partial charge in [0.25, 0.3) is 5.91 Å². The summed E-state index contributed by atoms with van der Waals surface area (Å²) in [7, 11) is -3.07. The summed E-state index contributed by atoms with van der Waals surface area (Å²) in [6, 6.07) is 16.5. The molecule has 2 aliphatic rings. The largest absolute Gasteiger partial charge is 0.315 e. The number of hydrogen-bond donors (Lipinski definition) is 0.